The molecule has 1 aromatic rings. The highest BCUT2D eigenvalue weighted by atomic mass is 19.1. The van der Waals surface area contributed by atoms with Crippen LogP contribution in [0.15, 0.2) is 24.3 Å². The van der Waals surface area contributed by atoms with Gasteiger partial charge in [-0.2, -0.15) is 0 Å². The molecule has 88 valence electrons. The Bertz CT molecular complexity index is 321. The van der Waals surface area contributed by atoms with E-state index in [9.17, 15) is 4.39 Å². The fraction of sp³-hybridized carbons (Fsp3) is 0.538. The lowest BCUT2D eigenvalue weighted by Gasteiger charge is -2.18. The Kier molecular flexibility index (Phi) is 3.78. The van der Waals surface area contributed by atoms with Gasteiger partial charge in [-0.25, -0.2) is 4.39 Å². The van der Waals surface area contributed by atoms with Crippen LogP contribution in [0.3, 0.4) is 0 Å². The maximum Gasteiger partial charge on any atom is 0.123 e. The van der Waals surface area contributed by atoms with Gasteiger partial charge < -0.3 is 10.1 Å². The number of hydrogen-bond donors (Lipinski definition) is 1. The SMILES string of the molecule is CCC(CNC1CC1)Oc1ccc(F)cc1. The number of ether oxygens (including phenoxy) is 1. The second-order valence-corrected chi connectivity index (χ2v) is 4.28. The highest BCUT2D eigenvalue weighted by molar-refractivity contribution is 5.22. The average molecular weight is 223 g/mol. The monoisotopic (exact) mass is 223 g/mol. The van der Waals surface area contributed by atoms with E-state index in [1.54, 1.807) is 12.1 Å². The predicted molar refractivity (Wildman–Crippen MR) is 62.1 cm³/mol. The molecule has 1 aliphatic carbocycles. The average Bonchev–Trinajstić information content (AvgIpc) is 3.11. The van der Waals surface area contributed by atoms with Crippen molar-refractivity contribution in [3.05, 3.63) is 30.1 Å². The number of rotatable bonds is 6. The smallest absolute Gasteiger partial charge is 0.123 e. The van der Waals surface area contributed by atoms with Crippen molar-refractivity contribution in [2.75, 3.05) is 6.54 Å². The number of benzene rings is 1. The summed E-state index contributed by atoms with van der Waals surface area (Å²) in [5.74, 6) is 0.516. The molecule has 1 aromatic carbocycles. The Morgan fingerprint density at radius 1 is 1.38 bits per heavy atom. The Morgan fingerprint density at radius 3 is 2.62 bits per heavy atom. The first-order chi connectivity index (χ1) is 7.78. The second kappa shape index (κ2) is 5.30. The third-order valence-corrected chi connectivity index (χ3v) is 2.78. The first kappa shape index (κ1) is 11.4. The van der Waals surface area contributed by atoms with Gasteiger partial charge in [-0.3, -0.25) is 0 Å². The Balaban J connectivity index is 1.82. The van der Waals surface area contributed by atoms with E-state index in [1.165, 1.54) is 25.0 Å². The lowest BCUT2D eigenvalue weighted by atomic mass is 10.2. The topological polar surface area (TPSA) is 21.3 Å². The standard InChI is InChI=1S/C13H18FNO/c1-2-12(9-15-11-5-6-11)16-13-7-3-10(14)4-8-13/h3-4,7-8,11-12,15H,2,5-6,9H2,1H3. The van der Waals surface area contributed by atoms with Crippen molar-refractivity contribution in [3.63, 3.8) is 0 Å². The maximum atomic E-state index is 12.7. The van der Waals surface area contributed by atoms with Crippen LogP contribution in [0.25, 0.3) is 0 Å². The number of hydrogen-bond acceptors (Lipinski definition) is 2. The van der Waals surface area contributed by atoms with Crippen molar-refractivity contribution < 1.29 is 9.13 Å². The molecule has 1 saturated carbocycles. The first-order valence-corrected chi connectivity index (χ1v) is 5.93. The summed E-state index contributed by atoms with van der Waals surface area (Å²) in [5, 5.41) is 3.44. The Labute approximate surface area is 95.8 Å². The molecule has 16 heavy (non-hydrogen) atoms. The molecule has 1 aliphatic rings. The summed E-state index contributed by atoms with van der Waals surface area (Å²) in [7, 11) is 0. The molecule has 0 aliphatic heterocycles. The summed E-state index contributed by atoms with van der Waals surface area (Å²) >= 11 is 0. The molecule has 0 bridgehead atoms. The molecule has 1 N–H and O–H groups in total. The van der Waals surface area contributed by atoms with E-state index in [1.807, 2.05) is 0 Å². The molecular weight excluding hydrogens is 205 g/mol. The lowest BCUT2D eigenvalue weighted by molar-refractivity contribution is 0.192. The van der Waals surface area contributed by atoms with Crippen molar-refractivity contribution in [3.8, 4) is 5.75 Å². The third-order valence-electron chi connectivity index (χ3n) is 2.78. The number of halogens is 1. The van der Waals surface area contributed by atoms with Gasteiger partial charge in [0.2, 0.25) is 0 Å². The first-order valence-electron chi connectivity index (χ1n) is 5.93. The van der Waals surface area contributed by atoms with E-state index in [0.717, 1.165) is 18.7 Å². The van der Waals surface area contributed by atoms with Crippen LogP contribution in [0.5, 0.6) is 5.75 Å². The van der Waals surface area contributed by atoms with E-state index in [-0.39, 0.29) is 11.9 Å². The van der Waals surface area contributed by atoms with Crippen LogP contribution in [0.2, 0.25) is 0 Å². The van der Waals surface area contributed by atoms with Crippen molar-refractivity contribution in [1.29, 1.82) is 0 Å². The Hall–Kier alpha value is -1.09. The molecule has 0 saturated heterocycles. The van der Waals surface area contributed by atoms with Gasteiger partial charge >= 0.3 is 0 Å². The summed E-state index contributed by atoms with van der Waals surface area (Å²) in [5.41, 5.74) is 0. The van der Waals surface area contributed by atoms with Crippen LogP contribution >= 0.6 is 0 Å². The molecule has 0 spiro atoms. The van der Waals surface area contributed by atoms with E-state index < -0.39 is 0 Å². The normalized spacial score (nSPS) is 17.1. The van der Waals surface area contributed by atoms with E-state index >= 15 is 0 Å². The van der Waals surface area contributed by atoms with Crippen molar-refractivity contribution in [1.82, 2.24) is 5.32 Å². The summed E-state index contributed by atoms with van der Waals surface area (Å²) in [6, 6.07) is 6.91. The van der Waals surface area contributed by atoms with E-state index in [4.69, 9.17) is 4.74 Å². The van der Waals surface area contributed by atoms with Crippen molar-refractivity contribution >= 4 is 0 Å². The van der Waals surface area contributed by atoms with Gasteiger partial charge in [0, 0.05) is 12.6 Å². The molecule has 1 unspecified atom stereocenters. The molecule has 3 heteroatoms. The van der Waals surface area contributed by atoms with Crippen LogP contribution in [0.4, 0.5) is 4.39 Å². The van der Waals surface area contributed by atoms with Gasteiger partial charge in [0.1, 0.15) is 17.7 Å². The van der Waals surface area contributed by atoms with Gasteiger partial charge in [-0.15, -0.1) is 0 Å². The van der Waals surface area contributed by atoms with Gasteiger partial charge in [0.15, 0.2) is 0 Å². The fourth-order valence-corrected chi connectivity index (χ4v) is 1.56. The van der Waals surface area contributed by atoms with Crippen LogP contribution in [0.1, 0.15) is 26.2 Å². The van der Waals surface area contributed by atoms with E-state index in [0.29, 0.717) is 6.04 Å². The second-order valence-electron chi connectivity index (χ2n) is 4.28. The van der Waals surface area contributed by atoms with Crippen LogP contribution in [0, 0.1) is 5.82 Å². The van der Waals surface area contributed by atoms with Gasteiger partial charge in [0.05, 0.1) is 0 Å². The molecule has 0 radical (unpaired) electrons. The molecule has 0 heterocycles. The van der Waals surface area contributed by atoms with Gasteiger partial charge in [-0.05, 0) is 43.5 Å². The van der Waals surface area contributed by atoms with Gasteiger partial charge in [0.25, 0.3) is 0 Å². The Morgan fingerprint density at radius 2 is 2.06 bits per heavy atom. The third kappa shape index (κ3) is 3.49. The summed E-state index contributed by atoms with van der Waals surface area (Å²) < 4.78 is 18.5. The fourth-order valence-electron chi connectivity index (χ4n) is 1.56. The molecule has 0 aromatic heterocycles. The quantitative estimate of drug-likeness (QED) is 0.800. The maximum absolute atomic E-state index is 12.7. The minimum absolute atomic E-state index is 0.172. The summed E-state index contributed by atoms with van der Waals surface area (Å²) in [4.78, 5) is 0. The van der Waals surface area contributed by atoms with Crippen LogP contribution in [-0.4, -0.2) is 18.7 Å². The molecule has 1 atom stereocenters. The molecule has 2 rings (SSSR count). The minimum Gasteiger partial charge on any atom is -0.489 e. The molecular formula is C13H18FNO. The minimum atomic E-state index is -0.225. The summed E-state index contributed by atoms with van der Waals surface area (Å²) in [6.45, 7) is 2.97. The molecule has 1 fully saturated rings. The van der Waals surface area contributed by atoms with Crippen molar-refractivity contribution in [2.24, 2.45) is 0 Å². The largest absolute Gasteiger partial charge is 0.489 e. The van der Waals surface area contributed by atoms with Gasteiger partial charge in [-0.1, -0.05) is 6.92 Å². The molecule has 0 amide bonds. The predicted octanol–water partition coefficient (Wildman–Crippen LogP) is 2.74. The zero-order chi connectivity index (χ0) is 11.4. The number of nitrogens with one attached hydrogen (secondary N) is 1. The van der Waals surface area contributed by atoms with Crippen LogP contribution < -0.4 is 10.1 Å². The highest BCUT2D eigenvalue weighted by Gasteiger charge is 2.21. The van der Waals surface area contributed by atoms with E-state index in [2.05, 4.69) is 12.2 Å². The molecule has 2 nitrogen and oxygen atoms in total. The lowest BCUT2D eigenvalue weighted by Crippen LogP contribution is -2.32. The zero-order valence-electron chi connectivity index (χ0n) is 9.58. The summed E-state index contributed by atoms with van der Waals surface area (Å²) in [6.07, 6.45) is 3.70. The van der Waals surface area contributed by atoms with Crippen molar-refractivity contribution in [2.45, 2.75) is 38.3 Å². The van der Waals surface area contributed by atoms with Crippen LogP contribution in [-0.2, 0) is 0 Å². The highest BCUT2D eigenvalue weighted by Crippen LogP contribution is 2.19. The zero-order valence-corrected chi connectivity index (χ0v) is 9.58.